The molecule has 0 bridgehead atoms. The third kappa shape index (κ3) is 2.61. The number of carbonyl (C=O) groups is 1. The van der Waals surface area contributed by atoms with Crippen LogP contribution < -0.4 is 4.74 Å². The molecule has 0 heterocycles. The standard InChI is InChI=1S/C10H11ClO4/c1-14-8-4-3-6(5-7(8)11)9(12)10(13)15-2/h3-5,9,12H,1-2H3. The number of hydrogen-bond acceptors (Lipinski definition) is 4. The van der Waals surface area contributed by atoms with E-state index in [1.807, 2.05) is 0 Å². The fraction of sp³-hybridized carbons (Fsp3) is 0.300. The number of halogens is 1. The average Bonchev–Trinajstić information content (AvgIpc) is 2.26. The van der Waals surface area contributed by atoms with Gasteiger partial charge in [-0.15, -0.1) is 0 Å². The van der Waals surface area contributed by atoms with Gasteiger partial charge in [0.05, 0.1) is 19.2 Å². The third-order valence-corrected chi connectivity index (χ3v) is 2.21. The number of carbonyl (C=O) groups excluding carboxylic acids is 1. The molecule has 0 saturated heterocycles. The quantitative estimate of drug-likeness (QED) is 0.801. The number of ether oxygens (including phenoxy) is 2. The van der Waals surface area contributed by atoms with Gasteiger partial charge in [0.15, 0.2) is 6.10 Å². The van der Waals surface area contributed by atoms with Crippen molar-refractivity contribution >= 4 is 17.6 Å². The molecule has 1 aromatic carbocycles. The lowest BCUT2D eigenvalue weighted by molar-refractivity contribution is -0.150. The van der Waals surface area contributed by atoms with E-state index >= 15 is 0 Å². The zero-order valence-corrected chi connectivity index (χ0v) is 9.12. The zero-order valence-electron chi connectivity index (χ0n) is 8.36. The minimum absolute atomic E-state index is 0.331. The number of benzene rings is 1. The Kier molecular flexibility index (Phi) is 3.94. The summed E-state index contributed by atoms with van der Waals surface area (Å²) in [6.45, 7) is 0. The van der Waals surface area contributed by atoms with Gasteiger partial charge in [-0.05, 0) is 17.7 Å². The number of esters is 1. The Morgan fingerprint density at radius 1 is 1.47 bits per heavy atom. The molecule has 1 unspecified atom stereocenters. The van der Waals surface area contributed by atoms with Gasteiger partial charge in [0.1, 0.15) is 5.75 Å². The predicted molar refractivity (Wildman–Crippen MR) is 55.0 cm³/mol. The molecule has 0 amide bonds. The first-order valence-electron chi connectivity index (χ1n) is 4.19. The van der Waals surface area contributed by atoms with Gasteiger partial charge in [0, 0.05) is 0 Å². The average molecular weight is 231 g/mol. The Hall–Kier alpha value is -1.26. The Labute approximate surface area is 92.4 Å². The molecule has 0 spiro atoms. The molecule has 0 aliphatic carbocycles. The largest absolute Gasteiger partial charge is 0.495 e. The van der Waals surface area contributed by atoms with Crippen molar-refractivity contribution in [2.75, 3.05) is 14.2 Å². The molecule has 0 aliphatic rings. The zero-order chi connectivity index (χ0) is 11.4. The summed E-state index contributed by atoms with van der Waals surface area (Å²) in [5, 5.41) is 9.83. The highest BCUT2D eigenvalue weighted by Gasteiger charge is 2.18. The molecule has 0 aromatic heterocycles. The molecule has 5 heteroatoms. The van der Waals surface area contributed by atoms with Crippen LogP contribution in [0.2, 0.25) is 5.02 Å². The summed E-state index contributed by atoms with van der Waals surface area (Å²) in [7, 11) is 2.69. The number of hydrogen-bond donors (Lipinski definition) is 1. The fourth-order valence-electron chi connectivity index (χ4n) is 1.10. The normalized spacial score (nSPS) is 12.0. The minimum Gasteiger partial charge on any atom is -0.495 e. The lowest BCUT2D eigenvalue weighted by Gasteiger charge is -2.10. The van der Waals surface area contributed by atoms with Crippen molar-refractivity contribution < 1.29 is 19.4 Å². The smallest absolute Gasteiger partial charge is 0.339 e. The summed E-state index contributed by atoms with van der Waals surface area (Å²) in [6.07, 6.45) is -1.32. The molecule has 0 radical (unpaired) electrons. The maximum atomic E-state index is 11.0. The Balaban J connectivity index is 2.97. The van der Waals surface area contributed by atoms with Gasteiger partial charge >= 0.3 is 5.97 Å². The topological polar surface area (TPSA) is 55.8 Å². The number of rotatable bonds is 3. The van der Waals surface area contributed by atoms with E-state index in [4.69, 9.17) is 16.3 Å². The van der Waals surface area contributed by atoms with Crippen LogP contribution >= 0.6 is 11.6 Å². The maximum Gasteiger partial charge on any atom is 0.339 e. The van der Waals surface area contributed by atoms with Crippen LogP contribution in [-0.4, -0.2) is 25.3 Å². The van der Waals surface area contributed by atoms with Gasteiger partial charge < -0.3 is 14.6 Å². The lowest BCUT2D eigenvalue weighted by atomic mass is 10.1. The monoisotopic (exact) mass is 230 g/mol. The van der Waals surface area contributed by atoms with E-state index < -0.39 is 12.1 Å². The first-order chi connectivity index (χ1) is 7.10. The summed E-state index contributed by atoms with van der Waals surface area (Å²) in [5.74, 6) is -0.242. The first kappa shape index (κ1) is 11.8. The van der Waals surface area contributed by atoms with Gasteiger partial charge in [0.2, 0.25) is 0 Å². The first-order valence-corrected chi connectivity index (χ1v) is 4.57. The van der Waals surface area contributed by atoms with E-state index in [1.165, 1.54) is 20.3 Å². The Bertz CT molecular complexity index is 364. The summed E-state index contributed by atoms with van der Waals surface area (Å²) in [6, 6.07) is 4.58. The lowest BCUT2D eigenvalue weighted by Crippen LogP contribution is -2.13. The summed E-state index contributed by atoms with van der Waals surface area (Å²) in [4.78, 5) is 11.0. The van der Waals surface area contributed by atoms with Gasteiger partial charge in [-0.1, -0.05) is 17.7 Å². The predicted octanol–water partition coefficient (Wildman–Crippen LogP) is 1.55. The second-order valence-corrected chi connectivity index (χ2v) is 3.23. The molecule has 0 fully saturated rings. The number of aliphatic hydroxyl groups excluding tert-OH is 1. The van der Waals surface area contributed by atoms with Crippen molar-refractivity contribution in [1.82, 2.24) is 0 Å². The summed E-state index contributed by atoms with van der Waals surface area (Å²) < 4.78 is 9.34. The van der Waals surface area contributed by atoms with E-state index in [-0.39, 0.29) is 0 Å². The highest BCUT2D eigenvalue weighted by molar-refractivity contribution is 6.32. The van der Waals surface area contributed by atoms with Crippen molar-refractivity contribution in [2.45, 2.75) is 6.10 Å². The molecule has 82 valence electrons. The van der Waals surface area contributed by atoms with Crippen LogP contribution in [0.1, 0.15) is 11.7 Å². The van der Waals surface area contributed by atoms with Crippen LogP contribution in [0.25, 0.3) is 0 Å². The van der Waals surface area contributed by atoms with E-state index in [0.717, 1.165) is 0 Å². The Morgan fingerprint density at radius 2 is 2.13 bits per heavy atom. The van der Waals surface area contributed by atoms with Crippen molar-refractivity contribution in [3.63, 3.8) is 0 Å². The molecule has 4 nitrogen and oxygen atoms in total. The van der Waals surface area contributed by atoms with Crippen LogP contribution in [0, 0.1) is 0 Å². The van der Waals surface area contributed by atoms with Crippen molar-refractivity contribution in [3.05, 3.63) is 28.8 Å². The van der Waals surface area contributed by atoms with Crippen molar-refractivity contribution in [1.29, 1.82) is 0 Å². The van der Waals surface area contributed by atoms with Crippen LogP contribution in [0.15, 0.2) is 18.2 Å². The van der Waals surface area contributed by atoms with E-state index in [1.54, 1.807) is 12.1 Å². The second-order valence-electron chi connectivity index (χ2n) is 2.82. The molecular formula is C10H11ClO4. The summed E-state index contributed by atoms with van der Waals surface area (Å²) >= 11 is 5.83. The fourth-order valence-corrected chi connectivity index (χ4v) is 1.37. The molecule has 1 atom stereocenters. The van der Waals surface area contributed by atoms with E-state index in [2.05, 4.69) is 4.74 Å². The molecule has 1 rings (SSSR count). The van der Waals surface area contributed by atoms with Gasteiger partial charge in [-0.3, -0.25) is 0 Å². The molecular weight excluding hydrogens is 220 g/mol. The summed E-state index contributed by atoms with van der Waals surface area (Å²) in [5.41, 5.74) is 0.368. The number of aliphatic hydroxyl groups is 1. The third-order valence-electron chi connectivity index (χ3n) is 1.92. The van der Waals surface area contributed by atoms with Crippen LogP contribution in [0.3, 0.4) is 0 Å². The highest BCUT2D eigenvalue weighted by atomic mass is 35.5. The van der Waals surface area contributed by atoms with E-state index in [9.17, 15) is 9.90 Å². The minimum atomic E-state index is -1.32. The van der Waals surface area contributed by atoms with Crippen LogP contribution in [0.4, 0.5) is 0 Å². The van der Waals surface area contributed by atoms with Crippen LogP contribution in [-0.2, 0) is 9.53 Å². The van der Waals surface area contributed by atoms with Gasteiger partial charge in [0.25, 0.3) is 0 Å². The van der Waals surface area contributed by atoms with Gasteiger partial charge in [-0.2, -0.15) is 0 Å². The van der Waals surface area contributed by atoms with Gasteiger partial charge in [-0.25, -0.2) is 4.79 Å². The maximum absolute atomic E-state index is 11.0. The highest BCUT2D eigenvalue weighted by Crippen LogP contribution is 2.27. The van der Waals surface area contributed by atoms with Crippen LogP contribution in [0.5, 0.6) is 5.75 Å². The van der Waals surface area contributed by atoms with E-state index in [0.29, 0.717) is 16.3 Å². The Morgan fingerprint density at radius 3 is 2.60 bits per heavy atom. The molecule has 1 aromatic rings. The molecule has 1 N–H and O–H groups in total. The molecule has 15 heavy (non-hydrogen) atoms. The molecule has 0 saturated carbocycles. The molecule has 0 aliphatic heterocycles. The van der Waals surface area contributed by atoms with Crippen molar-refractivity contribution in [2.24, 2.45) is 0 Å². The van der Waals surface area contributed by atoms with Crippen molar-refractivity contribution in [3.8, 4) is 5.75 Å². The SMILES string of the molecule is COC(=O)C(O)c1ccc(OC)c(Cl)c1. The second kappa shape index (κ2) is 5.00. The number of methoxy groups -OCH3 is 2.